The summed E-state index contributed by atoms with van der Waals surface area (Å²) >= 11 is 3.35. The number of carbonyl (C=O) groups excluding carboxylic acids is 3. The lowest BCUT2D eigenvalue weighted by molar-refractivity contribution is -0.140. The molecule has 0 radical (unpaired) electrons. The molecule has 32 heavy (non-hydrogen) atoms. The number of nitrogens with zero attached hydrogens (tertiary/aromatic N) is 1. The Morgan fingerprint density at radius 1 is 1.22 bits per heavy atom. The molecular formula is C21H18BrN3O7. The van der Waals surface area contributed by atoms with Gasteiger partial charge in [-0.2, -0.15) is 0 Å². The first-order valence-electron chi connectivity index (χ1n) is 9.20. The van der Waals surface area contributed by atoms with E-state index in [-0.39, 0.29) is 29.7 Å². The molecule has 0 bridgehead atoms. The zero-order valence-corrected chi connectivity index (χ0v) is 18.3. The number of rotatable bonds is 8. The second kappa shape index (κ2) is 9.96. The molecular weight excluding hydrogens is 486 g/mol. The monoisotopic (exact) mass is 503 g/mol. The topological polar surface area (TPSA) is 134 Å². The molecule has 0 aromatic heterocycles. The molecule has 11 heteroatoms. The number of carboxylic acids is 1. The molecule has 1 heterocycles. The van der Waals surface area contributed by atoms with Crippen molar-refractivity contribution in [2.45, 2.75) is 0 Å². The maximum atomic E-state index is 12.3. The zero-order valence-electron chi connectivity index (χ0n) is 16.8. The van der Waals surface area contributed by atoms with Crippen molar-refractivity contribution in [3.8, 4) is 11.5 Å². The number of carbonyl (C=O) groups is 4. The van der Waals surface area contributed by atoms with E-state index in [1.165, 1.54) is 13.2 Å². The Kier molecular flexibility index (Phi) is 7.11. The van der Waals surface area contributed by atoms with Crippen molar-refractivity contribution in [3.63, 3.8) is 0 Å². The quantitative estimate of drug-likeness (QED) is 0.372. The number of hydrogen-bond acceptors (Lipinski definition) is 6. The summed E-state index contributed by atoms with van der Waals surface area (Å²) in [5.74, 6) is -1.89. The molecule has 4 amide bonds. The lowest BCUT2D eigenvalue weighted by Crippen LogP contribution is -2.35. The first kappa shape index (κ1) is 22.8. The van der Waals surface area contributed by atoms with Gasteiger partial charge in [-0.15, -0.1) is 0 Å². The van der Waals surface area contributed by atoms with Crippen LogP contribution in [0.5, 0.6) is 11.5 Å². The van der Waals surface area contributed by atoms with Crippen LogP contribution in [0.15, 0.2) is 52.6 Å². The minimum atomic E-state index is -1.31. The standard InChI is InChI=1S/C21H18BrN3O7/c1-31-16-9-12(8-15-20(29)25(10-18(27)28)21(30)24-15)7-14(22)19(16)32-11-17(26)23-13-5-3-2-4-6-13/h2-9H,10-11H2,1H3,(H,23,26)(H,24,30)(H,27,28)/b15-8+. The average molecular weight is 504 g/mol. The maximum absolute atomic E-state index is 12.3. The lowest BCUT2D eigenvalue weighted by Gasteiger charge is -2.14. The third kappa shape index (κ3) is 5.43. The van der Waals surface area contributed by atoms with Crippen LogP contribution in [0.4, 0.5) is 10.5 Å². The summed E-state index contributed by atoms with van der Waals surface area (Å²) in [6.07, 6.45) is 1.38. The number of hydrogen-bond donors (Lipinski definition) is 3. The average Bonchev–Trinajstić information content (AvgIpc) is 3.00. The van der Waals surface area contributed by atoms with Crippen LogP contribution in [0, 0.1) is 0 Å². The molecule has 0 saturated carbocycles. The molecule has 1 aliphatic heterocycles. The van der Waals surface area contributed by atoms with Crippen molar-refractivity contribution in [3.05, 3.63) is 58.2 Å². The van der Waals surface area contributed by atoms with Gasteiger partial charge < -0.3 is 25.2 Å². The van der Waals surface area contributed by atoms with Gasteiger partial charge in [-0.05, 0) is 51.8 Å². The molecule has 1 fully saturated rings. The van der Waals surface area contributed by atoms with Gasteiger partial charge in [-0.1, -0.05) is 18.2 Å². The van der Waals surface area contributed by atoms with Crippen molar-refractivity contribution in [1.82, 2.24) is 10.2 Å². The fraction of sp³-hybridized carbons (Fsp3) is 0.143. The molecule has 2 aromatic carbocycles. The molecule has 0 unspecified atom stereocenters. The minimum Gasteiger partial charge on any atom is -0.493 e. The van der Waals surface area contributed by atoms with Crippen molar-refractivity contribution in [1.29, 1.82) is 0 Å². The number of ether oxygens (including phenoxy) is 2. The van der Waals surface area contributed by atoms with E-state index in [4.69, 9.17) is 14.6 Å². The molecule has 10 nitrogen and oxygen atoms in total. The SMILES string of the molecule is COc1cc(/C=C2/NC(=O)N(CC(=O)O)C2=O)cc(Br)c1OCC(=O)Nc1ccccc1. The van der Waals surface area contributed by atoms with Crippen LogP contribution in [0.25, 0.3) is 6.08 Å². The van der Waals surface area contributed by atoms with Crippen LogP contribution in [0.3, 0.4) is 0 Å². The van der Waals surface area contributed by atoms with Crippen molar-refractivity contribution in [2.24, 2.45) is 0 Å². The van der Waals surface area contributed by atoms with E-state index in [1.807, 2.05) is 6.07 Å². The van der Waals surface area contributed by atoms with Crippen LogP contribution >= 0.6 is 15.9 Å². The zero-order chi connectivity index (χ0) is 23.3. The smallest absolute Gasteiger partial charge is 0.329 e. The number of halogens is 1. The summed E-state index contributed by atoms with van der Waals surface area (Å²) in [7, 11) is 1.41. The van der Waals surface area contributed by atoms with Gasteiger partial charge in [0.2, 0.25) is 0 Å². The number of urea groups is 1. The highest BCUT2D eigenvalue weighted by molar-refractivity contribution is 9.10. The Balaban J connectivity index is 1.74. The van der Waals surface area contributed by atoms with E-state index in [1.54, 1.807) is 36.4 Å². The van der Waals surface area contributed by atoms with E-state index in [0.29, 0.717) is 20.6 Å². The maximum Gasteiger partial charge on any atom is 0.329 e. The van der Waals surface area contributed by atoms with Crippen LogP contribution < -0.4 is 20.1 Å². The number of aliphatic carboxylic acids is 1. The summed E-state index contributed by atoms with van der Waals surface area (Å²) in [4.78, 5) is 47.7. The lowest BCUT2D eigenvalue weighted by atomic mass is 10.1. The Morgan fingerprint density at radius 2 is 1.94 bits per heavy atom. The Hall–Kier alpha value is -3.86. The second-order valence-corrected chi connectivity index (χ2v) is 7.36. The Morgan fingerprint density at radius 3 is 2.59 bits per heavy atom. The number of methoxy groups -OCH3 is 1. The molecule has 3 rings (SSSR count). The first-order chi connectivity index (χ1) is 15.3. The number of para-hydroxylation sites is 1. The number of benzene rings is 2. The highest BCUT2D eigenvalue weighted by Gasteiger charge is 2.34. The minimum absolute atomic E-state index is 0.0823. The molecule has 2 aromatic rings. The molecule has 0 atom stereocenters. The van der Waals surface area contributed by atoms with Crippen LogP contribution in [-0.2, 0) is 14.4 Å². The van der Waals surface area contributed by atoms with E-state index in [9.17, 15) is 19.2 Å². The fourth-order valence-corrected chi connectivity index (χ4v) is 3.41. The van der Waals surface area contributed by atoms with Gasteiger partial charge in [0, 0.05) is 5.69 Å². The number of amides is 4. The Labute approximate surface area is 190 Å². The number of anilines is 1. The van der Waals surface area contributed by atoms with Crippen molar-refractivity contribution < 1.29 is 33.8 Å². The summed E-state index contributed by atoms with van der Waals surface area (Å²) < 4.78 is 11.4. The van der Waals surface area contributed by atoms with Gasteiger partial charge in [0.25, 0.3) is 11.8 Å². The van der Waals surface area contributed by atoms with Gasteiger partial charge in [-0.25, -0.2) is 9.69 Å². The molecule has 1 aliphatic rings. The summed E-state index contributed by atoms with van der Waals surface area (Å²) in [5.41, 5.74) is 1.02. The predicted octanol–water partition coefficient (Wildman–Crippen LogP) is 2.45. The van der Waals surface area contributed by atoms with Gasteiger partial charge in [0.05, 0.1) is 11.6 Å². The largest absolute Gasteiger partial charge is 0.493 e. The molecule has 0 aliphatic carbocycles. The van der Waals surface area contributed by atoms with Crippen LogP contribution in [-0.4, -0.2) is 54.1 Å². The molecule has 166 valence electrons. The summed E-state index contributed by atoms with van der Waals surface area (Å²) in [6, 6.07) is 11.2. The molecule has 1 saturated heterocycles. The summed E-state index contributed by atoms with van der Waals surface area (Å²) in [5, 5.41) is 13.9. The van der Waals surface area contributed by atoms with Crippen LogP contribution in [0.1, 0.15) is 5.56 Å². The normalized spacial score (nSPS) is 14.3. The third-order valence-corrected chi connectivity index (χ3v) is 4.81. The van der Waals surface area contributed by atoms with Crippen LogP contribution in [0.2, 0.25) is 0 Å². The van der Waals surface area contributed by atoms with Crippen molar-refractivity contribution >= 4 is 51.5 Å². The summed E-state index contributed by atoms with van der Waals surface area (Å²) in [6.45, 7) is -1.02. The van der Waals surface area contributed by atoms with Crippen molar-refractivity contribution in [2.75, 3.05) is 25.6 Å². The Bertz CT molecular complexity index is 1100. The highest BCUT2D eigenvalue weighted by Crippen LogP contribution is 2.37. The van der Waals surface area contributed by atoms with E-state index < -0.39 is 24.5 Å². The van der Waals surface area contributed by atoms with E-state index in [0.717, 1.165) is 0 Å². The molecule has 3 N–H and O–H groups in total. The van der Waals surface area contributed by atoms with E-state index >= 15 is 0 Å². The van der Waals surface area contributed by atoms with E-state index in [2.05, 4.69) is 26.6 Å². The first-order valence-corrected chi connectivity index (χ1v) is 9.99. The molecule has 0 spiro atoms. The highest BCUT2D eigenvalue weighted by atomic mass is 79.9. The third-order valence-electron chi connectivity index (χ3n) is 4.22. The predicted molar refractivity (Wildman–Crippen MR) is 117 cm³/mol. The number of nitrogens with one attached hydrogen (secondary N) is 2. The second-order valence-electron chi connectivity index (χ2n) is 6.51. The fourth-order valence-electron chi connectivity index (χ4n) is 2.84. The van der Waals surface area contributed by atoms with Gasteiger partial charge in [-0.3, -0.25) is 14.4 Å². The van der Waals surface area contributed by atoms with Gasteiger partial charge >= 0.3 is 12.0 Å². The van der Waals surface area contributed by atoms with Gasteiger partial charge in [0.15, 0.2) is 18.1 Å². The van der Waals surface area contributed by atoms with Gasteiger partial charge in [0.1, 0.15) is 12.2 Å². The number of carboxylic acid groups (broad SMARTS) is 1. The number of imide groups is 1.